The van der Waals surface area contributed by atoms with Gasteiger partial charge in [0.1, 0.15) is 0 Å². The van der Waals surface area contributed by atoms with Crippen molar-refractivity contribution >= 4 is 18.1 Å². The maximum atomic E-state index is 12.7. The van der Waals surface area contributed by atoms with E-state index in [0.717, 1.165) is 6.07 Å². The quantitative estimate of drug-likeness (QED) is 0.699. The fourth-order valence-electron chi connectivity index (χ4n) is 1.62. The Morgan fingerprint density at radius 2 is 1.60 bits per heavy atom. The molecule has 0 unspecified atom stereocenters. The van der Waals surface area contributed by atoms with E-state index in [1.807, 2.05) is 13.8 Å². The fourth-order valence-corrected chi connectivity index (χ4v) is 1.62. The Morgan fingerprint density at radius 3 is 2.07 bits per heavy atom. The van der Waals surface area contributed by atoms with Gasteiger partial charge in [0.05, 0.1) is 0 Å². The van der Waals surface area contributed by atoms with Gasteiger partial charge in [-0.05, 0) is 19.9 Å². The first-order chi connectivity index (χ1) is 7.00. The Hall–Kier alpha value is -1.13. The number of hydrogen-bond donors (Lipinski definition) is 0. The molecule has 0 aliphatic rings. The lowest BCUT2D eigenvalue weighted by Crippen LogP contribution is -2.39. The zero-order valence-corrected chi connectivity index (χ0v) is 8.88. The van der Waals surface area contributed by atoms with Crippen molar-refractivity contribution in [2.24, 2.45) is 0 Å². The summed E-state index contributed by atoms with van der Waals surface area (Å²) >= 11 is 0. The van der Waals surface area contributed by atoms with Crippen LogP contribution in [0.25, 0.3) is 0 Å². The average Bonchev–Trinajstić information content (AvgIpc) is 2.19. The molecule has 0 radical (unpaired) electrons. The van der Waals surface area contributed by atoms with Crippen molar-refractivity contribution in [1.82, 2.24) is 0 Å². The van der Waals surface area contributed by atoms with Crippen LogP contribution in [0.3, 0.4) is 0 Å². The van der Waals surface area contributed by atoms with Crippen LogP contribution in [-0.2, 0) is 0 Å². The summed E-state index contributed by atoms with van der Waals surface area (Å²) in [6.07, 6.45) is 0. The summed E-state index contributed by atoms with van der Waals surface area (Å²) in [5, 5.41) is 0. The number of anilines is 1. The number of nitrogens with zero attached hydrogens (tertiary/aromatic N) is 1. The van der Waals surface area contributed by atoms with Gasteiger partial charge in [-0.2, -0.15) is 0 Å². The van der Waals surface area contributed by atoms with Gasteiger partial charge in [0.25, 0.3) is 0 Å². The van der Waals surface area contributed by atoms with Gasteiger partial charge in [0.2, 0.25) is 0 Å². The topological polar surface area (TPSA) is 3.24 Å². The molecule has 15 heavy (non-hydrogen) atoms. The first-order valence-corrected chi connectivity index (χ1v) is 5.04. The van der Waals surface area contributed by atoms with Crippen molar-refractivity contribution in [3.63, 3.8) is 0 Å². The molecular weight excluding hydrogens is 202 g/mol. The predicted octanol–water partition coefficient (Wildman–Crippen LogP) is 2.59. The van der Waals surface area contributed by atoms with E-state index in [1.165, 1.54) is 12.1 Å². The summed E-state index contributed by atoms with van der Waals surface area (Å²) in [5.74, 6) is 0. The van der Waals surface area contributed by atoms with Crippen molar-refractivity contribution in [3.05, 3.63) is 24.3 Å². The van der Waals surface area contributed by atoms with Gasteiger partial charge >= 0.3 is 6.98 Å². The first-order valence-electron chi connectivity index (χ1n) is 5.04. The third-order valence-electron chi connectivity index (χ3n) is 2.39. The molecule has 0 fully saturated rings. The second-order valence-corrected chi connectivity index (χ2v) is 3.31. The van der Waals surface area contributed by atoms with Crippen molar-refractivity contribution in [3.8, 4) is 0 Å². The SMILES string of the molecule is CCN(CC)c1ccccc1[B-](F)(F)F. The molecule has 0 saturated carbocycles. The van der Waals surface area contributed by atoms with Gasteiger partial charge in [-0.1, -0.05) is 23.7 Å². The summed E-state index contributed by atoms with van der Waals surface area (Å²) in [7, 11) is 0. The summed E-state index contributed by atoms with van der Waals surface area (Å²) < 4.78 is 38.2. The van der Waals surface area contributed by atoms with Gasteiger partial charge in [0, 0.05) is 18.8 Å². The molecule has 0 aliphatic carbocycles. The maximum absolute atomic E-state index is 12.7. The van der Waals surface area contributed by atoms with Crippen molar-refractivity contribution < 1.29 is 12.9 Å². The Balaban J connectivity index is 3.17. The number of benzene rings is 1. The first kappa shape index (κ1) is 11.9. The molecule has 1 nitrogen and oxygen atoms in total. The molecule has 0 aliphatic heterocycles. The van der Waals surface area contributed by atoms with Crippen LogP contribution >= 0.6 is 0 Å². The molecule has 1 aromatic carbocycles. The van der Waals surface area contributed by atoms with E-state index in [0.29, 0.717) is 13.1 Å². The minimum Gasteiger partial charge on any atom is -0.445 e. The highest BCUT2D eigenvalue weighted by Crippen LogP contribution is 2.18. The van der Waals surface area contributed by atoms with E-state index in [2.05, 4.69) is 0 Å². The maximum Gasteiger partial charge on any atom is 0.511 e. The zero-order valence-electron chi connectivity index (χ0n) is 8.88. The monoisotopic (exact) mass is 216 g/mol. The van der Waals surface area contributed by atoms with E-state index in [9.17, 15) is 12.9 Å². The molecule has 0 N–H and O–H groups in total. The lowest BCUT2D eigenvalue weighted by atomic mass is 9.78. The Kier molecular flexibility index (Phi) is 3.66. The van der Waals surface area contributed by atoms with Crippen LogP contribution in [0, 0.1) is 0 Å². The van der Waals surface area contributed by atoms with E-state index in [1.54, 1.807) is 11.0 Å². The minimum atomic E-state index is -4.92. The molecule has 0 aromatic heterocycles. The largest absolute Gasteiger partial charge is 0.511 e. The van der Waals surface area contributed by atoms with Crippen molar-refractivity contribution in [1.29, 1.82) is 0 Å². The molecule has 0 saturated heterocycles. The van der Waals surface area contributed by atoms with Crippen LogP contribution in [0.15, 0.2) is 24.3 Å². The number of halogens is 3. The Morgan fingerprint density at radius 1 is 1.07 bits per heavy atom. The van der Waals surface area contributed by atoms with Crippen molar-refractivity contribution in [2.45, 2.75) is 13.8 Å². The summed E-state index contributed by atoms with van der Waals surface area (Å²) in [4.78, 5) is 1.71. The standard InChI is InChI=1S/C10H14BF3N/c1-3-15(4-2)10-8-6-5-7-9(10)11(12,13)14/h5-8H,3-4H2,1-2H3/q-1. The highest BCUT2D eigenvalue weighted by atomic mass is 19.4. The number of rotatable bonds is 4. The van der Waals surface area contributed by atoms with E-state index in [-0.39, 0.29) is 5.69 Å². The summed E-state index contributed by atoms with van der Waals surface area (Å²) in [5.41, 5.74) is -0.212. The third kappa shape index (κ3) is 2.67. The molecule has 0 atom stereocenters. The average molecular weight is 216 g/mol. The van der Waals surface area contributed by atoms with E-state index in [4.69, 9.17) is 0 Å². The lowest BCUT2D eigenvalue weighted by Gasteiger charge is -2.28. The second kappa shape index (κ2) is 4.60. The molecule has 0 amide bonds. The lowest BCUT2D eigenvalue weighted by molar-refractivity contribution is 0.501. The molecule has 0 heterocycles. The van der Waals surface area contributed by atoms with Crippen LogP contribution in [-0.4, -0.2) is 20.1 Å². The Bertz CT molecular complexity index is 321. The normalized spacial score (nSPS) is 11.5. The molecule has 1 rings (SSSR count). The molecular formula is C10H14BF3N-. The number of para-hydroxylation sites is 1. The highest BCUT2D eigenvalue weighted by Gasteiger charge is 2.29. The van der Waals surface area contributed by atoms with E-state index < -0.39 is 12.4 Å². The van der Waals surface area contributed by atoms with Crippen LogP contribution in [0.5, 0.6) is 0 Å². The van der Waals surface area contributed by atoms with Crippen molar-refractivity contribution in [2.75, 3.05) is 18.0 Å². The van der Waals surface area contributed by atoms with Crippen LogP contribution < -0.4 is 10.4 Å². The molecule has 0 bridgehead atoms. The zero-order chi connectivity index (χ0) is 11.5. The van der Waals surface area contributed by atoms with Gasteiger partial charge in [-0.25, -0.2) is 0 Å². The second-order valence-electron chi connectivity index (χ2n) is 3.31. The van der Waals surface area contributed by atoms with Gasteiger partial charge in [0.15, 0.2) is 0 Å². The van der Waals surface area contributed by atoms with Gasteiger partial charge in [-0.3, -0.25) is 0 Å². The fraction of sp³-hybridized carbons (Fsp3) is 0.400. The molecule has 0 spiro atoms. The number of hydrogen-bond acceptors (Lipinski definition) is 1. The smallest absolute Gasteiger partial charge is 0.445 e. The van der Waals surface area contributed by atoms with Gasteiger partial charge < -0.3 is 17.8 Å². The Labute approximate surface area is 88.0 Å². The van der Waals surface area contributed by atoms with Crippen LogP contribution in [0.1, 0.15) is 13.8 Å². The highest BCUT2D eigenvalue weighted by molar-refractivity contribution is 6.75. The third-order valence-corrected chi connectivity index (χ3v) is 2.39. The molecule has 84 valence electrons. The summed E-state index contributed by atoms with van der Waals surface area (Å²) in [6, 6.07) is 5.74. The minimum absolute atomic E-state index is 0.287. The predicted molar refractivity (Wildman–Crippen MR) is 58.7 cm³/mol. The van der Waals surface area contributed by atoms with E-state index >= 15 is 0 Å². The summed E-state index contributed by atoms with van der Waals surface area (Å²) in [6.45, 7) is -0.0572. The van der Waals surface area contributed by atoms with Gasteiger partial charge in [-0.15, -0.1) is 0 Å². The molecule has 5 heteroatoms. The van der Waals surface area contributed by atoms with Crippen LogP contribution in [0.2, 0.25) is 0 Å². The van der Waals surface area contributed by atoms with Crippen LogP contribution in [0.4, 0.5) is 18.6 Å². The molecule has 1 aromatic rings.